The first-order valence-electron chi connectivity index (χ1n) is 14.9. The van der Waals surface area contributed by atoms with Crippen molar-refractivity contribution < 1.29 is 23.0 Å². The lowest BCUT2D eigenvalue weighted by Gasteiger charge is -2.30. The van der Waals surface area contributed by atoms with Gasteiger partial charge in [-0.05, 0) is 56.6 Å². The van der Waals surface area contributed by atoms with E-state index in [1.165, 1.54) is 30.3 Å². The van der Waals surface area contributed by atoms with Crippen LogP contribution in [0.4, 0.5) is 14.7 Å². The second kappa shape index (κ2) is 12.8. The van der Waals surface area contributed by atoms with Crippen LogP contribution < -0.4 is 15.0 Å². The minimum absolute atomic E-state index is 0.0626. The van der Waals surface area contributed by atoms with Gasteiger partial charge in [-0.2, -0.15) is 9.97 Å². The molecule has 0 bridgehead atoms. The zero-order valence-electron chi connectivity index (χ0n) is 23.3. The molecule has 220 valence electrons. The lowest BCUT2D eigenvalue weighted by atomic mass is 9.84. The number of benzene rings is 1. The molecule has 3 fully saturated rings. The highest BCUT2D eigenvalue weighted by Gasteiger charge is 2.27. The van der Waals surface area contributed by atoms with E-state index < -0.39 is 6.43 Å². The molecule has 0 amide bonds. The third kappa shape index (κ3) is 6.67. The topological polar surface area (TPSA) is 94.4 Å². The molecule has 3 heterocycles. The Kier molecular flexibility index (Phi) is 8.71. The standard InChI is InChI=1S/C30H38F2N6O3/c31-28(32)29-34-24-7-3-4-8-25(24)38(29)26-18-27(36-30(35-26)37-13-15-40-16-14-37)41-23-11-9-20(10-12-23)17-22(39)19-33-21-5-1-2-6-21/h3-4,7-8,18,20-21,23,28,33H,1-2,5-6,9-17,19H2. The van der Waals surface area contributed by atoms with Gasteiger partial charge in [0.1, 0.15) is 17.7 Å². The number of aromatic nitrogens is 4. The van der Waals surface area contributed by atoms with Crippen molar-refractivity contribution in [2.45, 2.75) is 76.4 Å². The van der Waals surface area contributed by atoms with E-state index in [2.05, 4.69) is 10.3 Å². The lowest BCUT2D eigenvalue weighted by molar-refractivity contribution is -0.119. The molecule has 0 atom stereocenters. The highest BCUT2D eigenvalue weighted by molar-refractivity contribution is 5.80. The summed E-state index contributed by atoms with van der Waals surface area (Å²) >= 11 is 0. The molecular weight excluding hydrogens is 530 g/mol. The number of morpholine rings is 1. The van der Waals surface area contributed by atoms with E-state index in [4.69, 9.17) is 19.4 Å². The van der Waals surface area contributed by atoms with Crippen LogP contribution in [0.15, 0.2) is 30.3 Å². The average Bonchev–Trinajstić information content (AvgIpc) is 3.66. The Hall–Kier alpha value is -3.18. The number of anilines is 1. The van der Waals surface area contributed by atoms with Crippen molar-refractivity contribution in [1.82, 2.24) is 24.8 Å². The normalized spacial score (nSPS) is 22.1. The van der Waals surface area contributed by atoms with Crippen LogP contribution in [0.5, 0.6) is 5.88 Å². The van der Waals surface area contributed by atoms with Crippen LogP contribution in [0.2, 0.25) is 0 Å². The average molecular weight is 569 g/mol. The number of carbonyl (C=O) groups is 1. The summed E-state index contributed by atoms with van der Waals surface area (Å²) in [7, 11) is 0. The van der Waals surface area contributed by atoms with Crippen molar-refractivity contribution in [1.29, 1.82) is 0 Å². The van der Waals surface area contributed by atoms with Gasteiger partial charge in [0.2, 0.25) is 11.8 Å². The number of nitrogens with zero attached hydrogens (tertiary/aromatic N) is 5. The summed E-state index contributed by atoms with van der Waals surface area (Å²) in [5.74, 6) is 1.37. The maximum absolute atomic E-state index is 14.1. The largest absolute Gasteiger partial charge is 0.474 e. The third-order valence-electron chi connectivity index (χ3n) is 8.52. The second-order valence-electron chi connectivity index (χ2n) is 11.4. The van der Waals surface area contributed by atoms with Gasteiger partial charge in [0.15, 0.2) is 5.82 Å². The van der Waals surface area contributed by atoms with Crippen molar-refractivity contribution in [2.24, 2.45) is 5.92 Å². The summed E-state index contributed by atoms with van der Waals surface area (Å²) in [5.41, 5.74) is 1.02. The van der Waals surface area contributed by atoms with Crippen LogP contribution in [0.1, 0.15) is 70.0 Å². The van der Waals surface area contributed by atoms with Gasteiger partial charge in [0.05, 0.1) is 30.8 Å². The first-order chi connectivity index (χ1) is 20.0. The van der Waals surface area contributed by atoms with Crippen LogP contribution in [-0.4, -0.2) is 70.3 Å². The maximum Gasteiger partial charge on any atom is 0.296 e. The van der Waals surface area contributed by atoms with Gasteiger partial charge in [0, 0.05) is 31.6 Å². The predicted octanol–water partition coefficient (Wildman–Crippen LogP) is 5.02. The number of fused-ring (bicyclic) bond motifs is 1. The van der Waals surface area contributed by atoms with Gasteiger partial charge in [-0.1, -0.05) is 25.0 Å². The molecule has 3 aliphatic rings. The fourth-order valence-electron chi connectivity index (χ4n) is 6.32. The maximum atomic E-state index is 14.1. The molecular formula is C30H38F2N6O3. The number of imidazole rings is 1. The Bertz CT molecular complexity index is 1330. The summed E-state index contributed by atoms with van der Waals surface area (Å²) in [5, 5.41) is 3.43. The number of hydrogen-bond acceptors (Lipinski definition) is 8. The van der Waals surface area contributed by atoms with Gasteiger partial charge < -0.3 is 19.7 Å². The second-order valence-corrected chi connectivity index (χ2v) is 11.4. The molecule has 1 aromatic carbocycles. The van der Waals surface area contributed by atoms with E-state index in [-0.39, 0.29) is 11.9 Å². The van der Waals surface area contributed by atoms with Gasteiger partial charge in [0.25, 0.3) is 6.43 Å². The van der Waals surface area contributed by atoms with Gasteiger partial charge in [-0.15, -0.1) is 0 Å². The fraction of sp³-hybridized carbons (Fsp3) is 0.600. The summed E-state index contributed by atoms with van der Waals surface area (Å²) in [6.45, 7) is 2.75. The summed E-state index contributed by atoms with van der Waals surface area (Å²) < 4.78 is 41.5. The Morgan fingerprint density at radius 3 is 2.54 bits per heavy atom. The Labute approximate surface area is 238 Å². The quantitative estimate of drug-likeness (QED) is 0.365. The van der Waals surface area contributed by atoms with E-state index in [9.17, 15) is 13.6 Å². The number of para-hydroxylation sites is 2. The number of ether oxygens (including phenoxy) is 2. The first-order valence-corrected chi connectivity index (χ1v) is 14.9. The highest BCUT2D eigenvalue weighted by Crippen LogP contribution is 2.32. The number of halogens is 2. The van der Waals surface area contributed by atoms with Crippen molar-refractivity contribution in [3.05, 3.63) is 36.2 Å². The molecule has 9 nitrogen and oxygen atoms in total. The number of alkyl halides is 2. The van der Waals surface area contributed by atoms with Gasteiger partial charge >= 0.3 is 0 Å². The smallest absolute Gasteiger partial charge is 0.296 e. The molecule has 0 unspecified atom stereocenters. The van der Waals surface area contributed by atoms with E-state index in [1.54, 1.807) is 30.3 Å². The molecule has 1 N–H and O–H groups in total. The van der Waals surface area contributed by atoms with E-state index in [0.717, 1.165) is 25.7 Å². The summed E-state index contributed by atoms with van der Waals surface area (Å²) in [6, 6.07) is 9.18. The van der Waals surface area contributed by atoms with Gasteiger partial charge in [-0.25, -0.2) is 13.8 Å². The number of rotatable bonds is 10. The van der Waals surface area contributed by atoms with Crippen molar-refractivity contribution in [3.63, 3.8) is 0 Å². The Morgan fingerprint density at radius 2 is 1.78 bits per heavy atom. The Balaban J connectivity index is 1.17. The van der Waals surface area contributed by atoms with E-state index in [1.807, 2.05) is 4.90 Å². The van der Waals surface area contributed by atoms with Crippen LogP contribution in [0.3, 0.4) is 0 Å². The molecule has 1 aliphatic heterocycles. The molecule has 3 aromatic rings. The zero-order chi connectivity index (χ0) is 28.2. The van der Waals surface area contributed by atoms with Gasteiger partial charge in [-0.3, -0.25) is 9.36 Å². The lowest BCUT2D eigenvalue weighted by Crippen LogP contribution is -2.37. The zero-order valence-corrected chi connectivity index (χ0v) is 23.3. The number of carbonyl (C=O) groups excluding carboxylic acids is 1. The summed E-state index contributed by atoms with van der Waals surface area (Å²) in [6.07, 6.45) is 6.08. The minimum Gasteiger partial charge on any atom is -0.474 e. The summed E-state index contributed by atoms with van der Waals surface area (Å²) in [4.78, 5) is 28.1. The number of ketones is 1. The monoisotopic (exact) mass is 568 g/mol. The van der Waals surface area contributed by atoms with Crippen molar-refractivity contribution in [3.8, 4) is 11.7 Å². The minimum atomic E-state index is -2.78. The highest BCUT2D eigenvalue weighted by atomic mass is 19.3. The molecule has 0 radical (unpaired) electrons. The molecule has 0 spiro atoms. The van der Waals surface area contributed by atoms with Crippen molar-refractivity contribution >= 4 is 22.8 Å². The van der Waals surface area contributed by atoms with Crippen LogP contribution in [0, 0.1) is 5.92 Å². The molecule has 2 aromatic heterocycles. The van der Waals surface area contributed by atoms with Crippen LogP contribution in [0.25, 0.3) is 16.9 Å². The predicted molar refractivity (Wildman–Crippen MR) is 151 cm³/mol. The van der Waals surface area contributed by atoms with E-state index in [0.29, 0.717) is 85.7 Å². The molecule has 6 rings (SSSR count). The SMILES string of the molecule is O=C(CNC1CCCC1)CC1CCC(Oc2cc(-n3c(C(F)F)nc4ccccc43)nc(N3CCOCC3)n2)CC1. The van der Waals surface area contributed by atoms with Crippen molar-refractivity contribution in [2.75, 3.05) is 37.7 Å². The third-order valence-corrected chi connectivity index (χ3v) is 8.52. The molecule has 11 heteroatoms. The number of Topliss-reactive ketones (excluding diaryl/α,β-unsaturated/α-hetero) is 1. The Morgan fingerprint density at radius 1 is 1.02 bits per heavy atom. The molecule has 1 saturated heterocycles. The fourth-order valence-corrected chi connectivity index (χ4v) is 6.32. The van der Waals surface area contributed by atoms with Crippen LogP contribution >= 0.6 is 0 Å². The van der Waals surface area contributed by atoms with Crippen LogP contribution in [-0.2, 0) is 9.53 Å². The number of hydrogen-bond donors (Lipinski definition) is 1. The molecule has 2 saturated carbocycles. The van der Waals surface area contributed by atoms with E-state index >= 15 is 0 Å². The first kappa shape index (κ1) is 28.0. The molecule has 2 aliphatic carbocycles. The molecule has 41 heavy (non-hydrogen) atoms. The number of nitrogens with one attached hydrogen (secondary N) is 1.